The van der Waals surface area contributed by atoms with Gasteiger partial charge in [-0.05, 0) is 29.8 Å². The molecule has 0 amide bonds. The smallest absolute Gasteiger partial charge is 0.352 e. The SMILES string of the molecule is COc1ccc2c(c1)cc(C(=O)O)n2Cc1ccccc1. The van der Waals surface area contributed by atoms with Crippen LogP contribution in [0.4, 0.5) is 0 Å². The molecule has 0 radical (unpaired) electrons. The summed E-state index contributed by atoms with van der Waals surface area (Å²) in [6, 6.07) is 17.1. The van der Waals surface area contributed by atoms with Gasteiger partial charge >= 0.3 is 5.97 Å². The zero-order chi connectivity index (χ0) is 14.8. The highest BCUT2D eigenvalue weighted by Crippen LogP contribution is 2.25. The lowest BCUT2D eigenvalue weighted by Crippen LogP contribution is -2.09. The van der Waals surface area contributed by atoms with Gasteiger partial charge in [0.15, 0.2) is 0 Å². The molecule has 3 aromatic rings. The van der Waals surface area contributed by atoms with E-state index in [1.54, 1.807) is 13.2 Å². The van der Waals surface area contributed by atoms with Gasteiger partial charge in [0.25, 0.3) is 0 Å². The molecule has 0 atom stereocenters. The highest BCUT2D eigenvalue weighted by atomic mass is 16.5. The van der Waals surface area contributed by atoms with Crippen LogP contribution in [0.1, 0.15) is 16.1 Å². The number of ether oxygens (including phenoxy) is 1. The maximum absolute atomic E-state index is 11.5. The Labute approximate surface area is 122 Å². The molecule has 1 heterocycles. The van der Waals surface area contributed by atoms with Crippen molar-refractivity contribution in [2.24, 2.45) is 0 Å². The predicted molar refractivity (Wildman–Crippen MR) is 81.0 cm³/mol. The minimum absolute atomic E-state index is 0.280. The third kappa shape index (κ3) is 2.48. The molecule has 0 bridgehead atoms. The van der Waals surface area contributed by atoms with E-state index in [1.807, 2.05) is 53.1 Å². The minimum Gasteiger partial charge on any atom is -0.497 e. The quantitative estimate of drug-likeness (QED) is 0.797. The van der Waals surface area contributed by atoms with Gasteiger partial charge in [-0.3, -0.25) is 0 Å². The molecule has 4 heteroatoms. The van der Waals surface area contributed by atoms with Crippen LogP contribution >= 0.6 is 0 Å². The molecule has 0 aliphatic carbocycles. The second kappa shape index (κ2) is 5.32. The predicted octanol–water partition coefficient (Wildman–Crippen LogP) is 3.40. The van der Waals surface area contributed by atoms with Crippen LogP contribution in [0.5, 0.6) is 5.75 Å². The fraction of sp³-hybridized carbons (Fsp3) is 0.118. The van der Waals surface area contributed by atoms with Gasteiger partial charge in [0.2, 0.25) is 0 Å². The zero-order valence-electron chi connectivity index (χ0n) is 11.6. The van der Waals surface area contributed by atoms with Gasteiger partial charge in [0.1, 0.15) is 11.4 Å². The van der Waals surface area contributed by atoms with Gasteiger partial charge in [0.05, 0.1) is 7.11 Å². The molecule has 1 aromatic heterocycles. The second-order valence-electron chi connectivity index (χ2n) is 4.83. The first-order valence-electron chi connectivity index (χ1n) is 6.63. The molecule has 4 nitrogen and oxygen atoms in total. The maximum atomic E-state index is 11.5. The molecular formula is C17H15NO3. The average molecular weight is 281 g/mol. The van der Waals surface area contributed by atoms with Crippen LogP contribution in [0.2, 0.25) is 0 Å². The van der Waals surface area contributed by atoms with Crippen molar-refractivity contribution < 1.29 is 14.6 Å². The number of carboxylic acid groups (broad SMARTS) is 1. The molecule has 0 saturated heterocycles. The van der Waals surface area contributed by atoms with Crippen LogP contribution < -0.4 is 4.74 Å². The molecule has 0 saturated carbocycles. The topological polar surface area (TPSA) is 51.5 Å². The molecular weight excluding hydrogens is 266 g/mol. The Morgan fingerprint density at radius 3 is 2.57 bits per heavy atom. The fourth-order valence-corrected chi connectivity index (χ4v) is 2.49. The number of benzene rings is 2. The van der Waals surface area contributed by atoms with Gasteiger partial charge in [-0.15, -0.1) is 0 Å². The lowest BCUT2D eigenvalue weighted by atomic mass is 10.2. The molecule has 0 unspecified atom stereocenters. The van der Waals surface area contributed by atoms with E-state index in [-0.39, 0.29) is 5.69 Å². The molecule has 1 N–H and O–H groups in total. The van der Waals surface area contributed by atoms with Crippen molar-refractivity contribution in [2.45, 2.75) is 6.54 Å². The molecule has 0 fully saturated rings. The lowest BCUT2D eigenvalue weighted by Gasteiger charge is -2.09. The van der Waals surface area contributed by atoms with E-state index < -0.39 is 5.97 Å². The van der Waals surface area contributed by atoms with Crippen molar-refractivity contribution >= 4 is 16.9 Å². The number of carbonyl (C=O) groups is 1. The van der Waals surface area contributed by atoms with Crippen molar-refractivity contribution in [3.63, 3.8) is 0 Å². The summed E-state index contributed by atoms with van der Waals surface area (Å²) in [4.78, 5) is 11.5. The van der Waals surface area contributed by atoms with E-state index in [0.717, 1.165) is 22.2 Å². The van der Waals surface area contributed by atoms with E-state index in [2.05, 4.69) is 0 Å². The number of hydrogen-bond acceptors (Lipinski definition) is 2. The number of hydrogen-bond donors (Lipinski definition) is 1. The highest BCUT2D eigenvalue weighted by Gasteiger charge is 2.15. The molecule has 2 aromatic carbocycles. The van der Waals surface area contributed by atoms with Crippen molar-refractivity contribution in [3.8, 4) is 5.75 Å². The molecule has 21 heavy (non-hydrogen) atoms. The van der Waals surface area contributed by atoms with Crippen LogP contribution in [0.15, 0.2) is 54.6 Å². The summed E-state index contributed by atoms with van der Waals surface area (Å²) < 4.78 is 7.01. The maximum Gasteiger partial charge on any atom is 0.352 e. The average Bonchev–Trinajstić information content (AvgIpc) is 2.86. The van der Waals surface area contributed by atoms with Crippen molar-refractivity contribution in [2.75, 3.05) is 7.11 Å². The first-order chi connectivity index (χ1) is 10.2. The Morgan fingerprint density at radius 1 is 1.14 bits per heavy atom. The normalized spacial score (nSPS) is 10.7. The number of rotatable bonds is 4. The van der Waals surface area contributed by atoms with E-state index in [0.29, 0.717) is 6.54 Å². The lowest BCUT2D eigenvalue weighted by molar-refractivity contribution is 0.0686. The third-order valence-corrected chi connectivity index (χ3v) is 3.51. The number of nitrogens with zero attached hydrogens (tertiary/aromatic N) is 1. The van der Waals surface area contributed by atoms with E-state index in [4.69, 9.17) is 4.74 Å². The second-order valence-corrected chi connectivity index (χ2v) is 4.83. The van der Waals surface area contributed by atoms with Crippen LogP contribution in [0.3, 0.4) is 0 Å². The monoisotopic (exact) mass is 281 g/mol. The zero-order valence-corrected chi connectivity index (χ0v) is 11.6. The van der Waals surface area contributed by atoms with Crippen LogP contribution in [-0.2, 0) is 6.54 Å². The largest absolute Gasteiger partial charge is 0.497 e. The number of carboxylic acids is 1. The minimum atomic E-state index is -0.930. The van der Waals surface area contributed by atoms with Crippen LogP contribution in [0.25, 0.3) is 10.9 Å². The number of aromatic carboxylic acids is 1. The Morgan fingerprint density at radius 2 is 1.90 bits per heavy atom. The Hall–Kier alpha value is -2.75. The summed E-state index contributed by atoms with van der Waals surface area (Å²) in [5.74, 6) is -0.211. The standard InChI is InChI=1S/C17H15NO3/c1-21-14-7-8-15-13(9-14)10-16(17(19)20)18(15)11-12-5-3-2-4-6-12/h2-10H,11H2,1H3,(H,19,20). The summed E-state index contributed by atoms with van der Waals surface area (Å²) in [6.45, 7) is 0.526. The van der Waals surface area contributed by atoms with E-state index in [1.165, 1.54) is 0 Å². The summed E-state index contributed by atoms with van der Waals surface area (Å²) in [6.07, 6.45) is 0. The van der Waals surface area contributed by atoms with Gasteiger partial charge in [-0.2, -0.15) is 0 Å². The molecule has 0 aliphatic heterocycles. The van der Waals surface area contributed by atoms with E-state index >= 15 is 0 Å². The van der Waals surface area contributed by atoms with Gasteiger partial charge < -0.3 is 14.4 Å². The van der Waals surface area contributed by atoms with Gasteiger partial charge in [0, 0.05) is 17.4 Å². The Kier molecular flexibility index (Phi) is 3.36. The molecule has 3 rings (SSSR count). The first kappa shape index (κ1) is 13.2. The van der Waals surface area contributed by atoms with Gasteiger partial charge in [-0.25, -0.2) is 4.79 Å². The fourth-order valence-electron chi connectivity index (χ4n) is 2.49. The number of methoxy groups -OCH3 is 1. The molecule has 106 valence electrons. The third-order valence-electron chi connectivity index (χ3n) is 3.51. The van der Waals surface area contributed by atoms with Crippen molar-refractivity contribution in [1.82, 2.24) is 4.57 Å². The summed E-state index contributed by atoms with van der Waals surface area (Å²) >= 11 is 0. The van der Waals surface area contributed by atoms with Crippen LogP contribution in [-0.4, -0.2) is 22.8 Å². The molecule has 0 spiro atoms. The summed E-state index contributed by atoms with van der Waals surface area (Å²) in [5, 5.41) is 10.3. The van der Waals surface area contributed by atoms with Crippen molar-refractivity contribution in [3.05, 3.63) is 65.9 Å². The highest BCUT2D eigenvalue weighted by molar-refractivity contribution is 5.95. The number of aromatic nitrogens is 1. The van der Waals surface area contributed by atoms with Crippen molar-refractivity contribution in [1.29, 1.82) is 0 Å². The Bertz CT molecular complexity index is 790. The van der Waals surface area contributed by atoms with E-state index in [9.17, 15) is 9.90 Å². The summed E-state index contributed by atoms with van der Waals surface area (Å²) in [7, 11) is 1.60. The number of fused-ring (bicyclic) bond motifs is 1. The molecule has 0 aliphatic rings. The Balaban J connectivity index is 2.14. The van der Waals surface area contributed by atoms with Gasteiger partial charge in [-0.1, -0.05) is 30.3 Å². The first-order valence-corrected chi connectivity index (χ1v) is 6.63. The van der Waals surface area contributed by atoms with Crippen LogP contribution in [0, 0.1) is 0 Å². The summed E-state index contributed by atoms with van der Waals surface area (Å²) in [5.41, 5.74) is 2.23.